The van der Waals surface area contributed by atoms with Crippen LogP contribution in [0, 0.1) is 13.8 Å². The maximum atomic E-state index is 5.46. The second kappa shape index (κ2) is 4.59. The Morgan fingerprint density at radius 3 is 2.87 bits per heavy atom. The van der Waals surface area contributed by atoms with Crippen LogP contribution in [0.4, 0.5) is 0 Å². The highest BCUT2D eigenvalue weighted by Crippen LogP contribution is 2.10. The number of aryl methyl sites for hydroxylation is 2. The van der Waals surface area contributed by atoms with Crippen molar-refractivity contribution in [3.63, 3.8) is 0 Å². The van der Waals surface area contributed by atoms with E-state index in [1.807, 2.05) is 13.8 Å². The molecule has 0 fully saturated rings. The van der Waals surface area contributed by atoms with E-state index in [0.29, 0.717) is 0 Å². The van der Waals surface area contributed by atoms with Gasteiger partial charge >= 0.3 is 0 Å². The molecular weight excluding hydrogens is 208 g/mol. The van der Waals surface area contributed by atoms with Gasteiger partial charge in [-0.2, -0.15) is 0 Å². The van der Waals surface area contributed by atoms with E-state index in [1.54, 1.807) is 11.3 Å². The van der Waals surface area contributed by atoms with Crippen molar-refractivity contribution in [1.82, 2.24) is 10.3 Å². The lowest BCUT2D eigenvalue weighted by Gasteiger charge is -2.00. The second-order valence-corrected chi connectivity index (χ2v) is 4.46. The largest absolute Gasteiger partial charge is 0.444 e. The summed E-state index contributed by atoms with van der Waals surface area (Å²) in [6, 6.07) is 4.18. The molecular formula is C11H14N2OS. The second-order valence-electron chi connectivity index (χ2n) is 3.42. The zero-order chi connectivity index (χ0) is 10.7. The number of thiophene rings is 1. The molecule has 1 N–H and O–H groups in total. The molecule has 0 saturated heterocycles. The minimum Gasteiger partial charge on any atom is -0.444 e. The van der Waals surface area contributed by atoms with E-state index < -0.39 is 0 Å². The molecule has 0 spiro atoms. The van der Waals surface area contributed by atoms with Crippen molar-refractivity contribution in [2.75, 3.05) is 0 Å². The smallest absolute Gasteiger partial charge is 0.191 e. The Balaban J connectivity index is 1.86. The zero-order valence-corrected chi connectivity index (χ0v) is 9.73. The number of nitrogens with one attached hydrogen (secondary N) is 1. The third-order valence-corrected chi connectivity index (χ3v) is 3.04. The molecule has 3 nitrogen and oxygen atoms in total. The van der Waals surface area contributed by atoms with E-state index in [2.05, 4.69) is 27.8 Å². The van der Waals surface area contributed by atoms with Crippen LogP contribution in [0.15, 0.2) is 21.9 Å². The fourth-order valence-electron chi connectivity index (χ4n) is 1.45. The molecule has 4 heteroatoms. The highest BCUT2D eigenvalue weighted by Gasteiger charge is 2.05. The molecule has 2 heterocycles. The van der Waals surface area contributed by atoms with Crippen molar-refractivity contribution in [3.8, 4) is 0 Å². The van der Waals surface area contributed by atoms with E-state index >= 15 is 0 Å². The first kappa shape index (κ1) is 10.4. The number of aromatic nitrogens is 1. The Morgan fingerprint density at radius 1 is 1.40 bits per heavy atom. The van der Waals surface area contributed by atoms with Gasteiger partial charge in [-0.15, -0.1) is 11.3 Å². The number of hydrogen-bond acceptors (Lipinski definition) is 4. The topological polar surface area (TPSA) is 38.1 Å². The number of oxazole rings is 1. The Morgan fingerprint density at radius 2 is 2.27 bits per heavy atom. The molecule has 0 aliphatic rings. The van der Waals surface area contributed by atoms with Crippen molar-refractivity contribution < 1.29 is 4.42 Å². The van der Waals surface area contributed by atoms with Crippen LogP contribution in [-0.2, 0) is 13.1 Å². The predicted molar refractivity (Wildman–Crippen MR) is 60.8 cm³/mol. The highest BCUT2D eigenvalue weighted by atomic mass is 32.1. The van der Waals surface area contributed by atoms with Gasteiger partial charge in [-0.05, 0) is 18.4 Å². The van der Waals surface area contributed by atoms with E-state index in [9.17, 15) is 0 Å². The Kier molecular flexibility index (Phi) is 3.18. The van der Waals surface area contributed by atoms with Crippen molar-refractivity contribution in [3.05, 3.63) is 39.7 Å². The molecule has 2 aromatic rings. The van der Waals surface area contributed by atoms with Crippen molar-refractivity contribution in [1.29, 1.82) is 0 Å². The Labute approximate surface area is 93.2 Å². The van der Waals surface area contributed by atoms with Gasteiger partial charge < -0.3 is 9.73 Å². The molecule has 0 aliphatic carbocycles. The summed E-state index contributed by atoms with van der Waals surface area (Å²) in [5.74, 6) is 1.67. The van der Waals surface area contributed by atoms with Gasteiger partial charge in [0.25, 0.3) is 0 Å². The van der Waals surface area contributed by atoms with Gasteiger partial charge in [0.2, 0.25) is 0 Å². The summed E-state index contributed by atoms with van der Waals surface area (Å²) < 4.78 is 5.46. The number of rotatable bonds is 4. The first-order valence-electron chi connectivity index (χ1n) is 4.91. The summed E-state index contributed by atoms with van der Waals surface area (Å²) in [6.07, 6.45) is 0. The van der Waals surface area contributed by atoms with Crippen molar-refractivity contribution in [2.24, 2.45) is 0 Å². The fourth-order valence-corrected chi connectivity index (χ4v) is 2.12. The van der Waals surface area contributed by atoms with Crippen LogP contribution in [0.5, 0.6) is 0 Å². The van der Waals surface area contributed by atoms with Crippen LogP contribution in [0.25, 0.3) is 0 Å². The number of nitrogens with zero attached hydrogens (tertiary/aromatic N) is 1. The van der Waals surface area contributed by atoms with Crippen molar-refractivity contribution >= 4 is 11.3 Å². The van der Waals surface area contributed by atoms with Crippen LogP contribution < -0.4 is 5.32 Å². The van der Waals surface area contributed by atoms with Gasteiger partial charge in [0, 0.05) is 18.3 Å². The molecule has 0 unspecified atom stereocenters. The first-order valence-corrected chi connectivity index (χ1v) is 5.79. The molecule has 0 bridgehead atoms. The molecule has 0 radical (unpaired) electrons. The minimum absolute atomic E-state index is 0.737. The Hall–Kier alpha value is -1.13. The van der Waals surface area contributed by atoms with Crippen molar-refractivity contribution in [2.45, 2.75) is 26.9 Å². The third kappa shape index (κ3) is 2.67. The zero-order valence-electron chi connectivity index (χ0n) is 8.91. The number of hydrogen-bond donors (Lipinski definition) is 1. The minimum atomic E-state index is 0.737. The van der Waals surface area contributed by atoms with Gasteiger partial charge in [0.05, 0.1) is 12.2 Å². The molecule has 15 heavy (non-hydrogen) atoms. The summed E-state index contributed by atoms with van der Waals surface area (Å²) in [5.41, 5.74) is 0.978. The monoisotopic (exact) mass is 222 g/mol. The molecule has 0 amide bonds. The molecule has 0 atom stereocenters. The van der Waals surface area contributed by atoms with Gasteiger partial charge in [0.1, 0.15) is 5.76 Å². The molecule has 0 aromatic carbocycles. The SMILES string of the molecule is Cc1nc(C)c(CNCc2cccs2)o1. The van der Waals surface area contributed by atoms with E-state index in [1.165, 1.54) is 4.88 Å². The fraction of sp³-hybridized carbons (Fsp3) is 0.364. The van der Waals surface area contributed by atoms with Crippen LogP contribution in [0.1, 0.15) is 22.2 Å². The maximum Gasteiger partial charge on any atom is 0.191 e. The molecule has 0 aliphatic heterocycles. The lowest BCUT2D eigenvalue weighted by Crippen LogP contribution is -2.11. The van der Waals surface area contributed by atoms with Crippen LogP contribution in [-0.4, -0.2) is 4.98 Å². The normalized spacial score (nSPS) is 10.8. The third-order valence-electron chi connectivity index (χ3n) is 2.16. The van der Waals surface area contributed by atoms with Crippen LogP contribution in [0.2, 0.25) is 0 Å². The van der Waals surface area contributed by atoms with Gasteiger partial charge in [-0.25, -0.2) is 4.98 Å². The van der Waals surface area contributed by atoms with E-state index in [-0.39, 0.29) is 0 Å². The van der Waals surface area contributed by atoms with E-state index in [4.69, 9.17) is 4.42 Å². The Bertz CT molecular complexity index is 420. The quantitative estimate of drug-likeness (QED) is 0.864. The average Bonchev–Trinajstić information content (AvgIpc) is 2.77. The summed E-state index contributed by atoms with van der Waals surface area (Å²) in [5, 5.41) is 5.42. The summed E-state index contributed by atoms with van der Waals surface area (Å²) >= 11 is 1.76. The molecule has 2 rings (SSSR count). The van der Waals surface area contributed by atoms with Gasteiger partial charge in [0.15, 0.2) is 5.89 Å². The van der Waals surface area contributed by atoms with Crippen LogP contribution in [0.3, 0.4) is 0 Å². The molecule has 80 valence electrons. The highest BCUT2D eigenvalue weighted by molar-refractivity contribution is 7.09. The standard InChI is InChI=1S/C11H14N2OS/c1-8-11(14-9(2)13-8)7-12-6-10-4-3-5-15-10/h3-5,12H,6-7H2,1-2H3. The summed E-state index contributed by atoms with van der Waals surface area (Å²) in [7, 11) is 0. The van der Waals surface area contributed by atoms with E-state index in [0.717, 1.165) is 30.4 Å². The lowest BCUT2D eigenvalue weighted by atomic mass is 10.3. The average molecular weight is 222 g/mol. The predicted octanol–water partition coefficient (Wildman–Crippen LogP) is 2.64. The summed E-state index contributed by atoms with van der Waals surface area (Å²) in [4.78, 5) is 5.56. The first-order chi connectivity index (χ1) is 7.25. The molecule has 0 saturated carbocycles. The maximum absolute atomic E-state index is 5.46. The lowest BCUT2D eigenvalue weighted by molar-refractivity contribution is 0.454. The summed E-state index contributed by atoms with van der Waals surface area (Å²) in [6.45, 7) is 5.47. The molecule has 2 aromatic heterocycles. The van der Waals surface area contributed by atoms with Gasteiger partial charge in [-0.1, -0.05) is 6.07 Å². The van der Waals surface area contributed by atoms with Gasteiger partial charge in [-0.3, -0.25) is 0 Å². The van der Waals surface area contributed by atoms with Crippen LogP contribution >= 0.6 is 11.3 Å².